The van der Waals surface area contributed by atoms with Gasteiger partial charge in [0.15, 0.2) is 5.82 Å². The van der Waals surface area contributed by atoms with E-state index in [1.807, 2.05) is 12.1 Å². The number of fused-ring (bicyclic) bond motifs is 4. The van der Waals surface area contributed by atoms with Crippen LogP contribution >= 0.6 is 0 Å². The molecule has 2 aromatic heterocycles. The third kappa shape index (κ3) is 7.15. The Morgan fingerprint density at radius 2 is 1.71 bits per heavy atom. The fraction of sp³-hybridized carbons (Fsp3) is 0.783. The molecule has 3 aliphatic carbocycles. The molecule has 3 heterocycles. The predicted octanol–water partition coefficient (Wildman–Crippen LogP) is 9.79. The van der Waals surface area contributed by atoms with Crippen molar-refractivity contribution in [1.29, 1.82) is 0 Å². The molecule has 2 saturated carbocycles. The van der Waals surface area contributed by atoms with E-state index in [0.29, 0.717) is 36.9 Å². The summed E-state index contributed by atoms with van der Waals surface area (Å²) in [5.74, 6) is 1.13. The second kappa shape index (κ2) is 15.0. The first-order valence-corrected chi connectivity index (χ1v) is 21.3. The molecule has 0 bridgehead atoms. The molecule has 0 unspecified atom stereocenters. The van der Waals surface area contributed by atoms with Crippen molar-refractivity contribution in [3.8, 4) is 11.4 Å². The van der Waals surface area contributed by atoms with E-state index >= 15 is 0 Å². The average molecular weight is 760 g/mol. The summed E-state index contributed by atoms with van der Waals surface area (Å²) in [6.45, 7) is 28.1. The summed E-state index contributed by atoms with van der Waals surface area (Å²) in [5, 5.41) is 16.0. The number of rotatable bonds is 8. The highest BCUT2D eigenvalue weighted by molar-refractivity contribution is 5.73. The van der Waals surface area contributed by atoms with Crippen molar-refractivity contribution < 1.29 is 19.4 Å². The van der Waals surface area contributed by atoms with Crippen molar-refractivity contribution in [2.45, 2.75) is 158 Å². The van der Waals surface area contributed by atoms with Crippen LogP contribution < -0.4 is 5.73 Å². The quantitative estimate of drug-likeness (QED) is 0.255. The van der Waals surface area contributed by atoms with Gasteiger partial charge >= 0.3 is 5.97 Å². The van der Waals surface area contributed by atoms with Crippen LogP contribution in [0.4, 0.5) is 0 Å². The first-order valence-electron chi connectivity index (χ1n) is 21.3. The van der Waals surface area contributed by atoms with E-state index in [2.05, 4.69) is 98.8 Å². The van der Waals surface area contributed by atoms with Gasteiger partial charge in [0.1, 0.15) is 6.33 Å². The normalized spacial score (nSPS) is 38.8. The van der Waals surface area contributed by atoms with E-state index < -0.39 is 17.4 Å². The molecule has 306 valence electrons. The van der Waals surface area contributed by atoms with Gasteiger partial charge in [0.05, 0.1) is 37.4 Å². The van der Waals surface area contributed by atoms with Gasteiger partial charge in [-0.05, 0) is 123 Å². The third-order valence-corrected chi connectivity index (χ3v) is 16.9. The van der Waals surface area contributed by atoms with Crippen LogP contribution in [0, 0.1) is 56.7 Å². The number of allylic oxidation sites excluding steroid dienone is 1. The van der Waals surface area contributed by atoms with Gasteiger partial charge in [0, 0.05) is 28.9 Å². The Labute approximate surface area is 332 Å². The largest absolute Gasteiger partial charge is 0.481 e. The number of ether oxygens (including phenoxy) is 2. The van der Waals surface area contributed by atoms with Gasteiger partial charge in [-0.1, -0.05) is 80.9 Å². The molecule has 3 N–H and O–H groups in total. The van der Waals surface area contributed by atoms with E-state index in [0.717, 1.165) is 62.8 Å². The highest BCUT2D eigenvalue weighted by atomic mass is 16.5. The fourth-order valence-corrected chi connectivity index (χ4v) is 11.9. The Hall–Kier alpha value is -2.62. The molecule has 1 saturated heterocycles. The van der Waals surface area contributed by atoms with Gasteiger partial charge in [0.2, 0.25) is 0 Å². The molecule has 0 amide bonds. The number of aromatic nitrogens is 4. The third-order valence-electron chi connectivity index (χ3n) is 16.9. The molecule has 9 heteroatoms. The van der Waals surface area contributed by atoms with Gasteiger partial charge in [-0.15, -0.1) is 0 Å². The molecule has 55 heavy (non-hydrogen) atoms. The van der Waals surface area contributed by atoms with E-state index in [9.17, 15) is 9.90 Å². The SMILES string of the molecule is CC(C)[C@@H](C)[C@@]1(C)CC[C@]2(C)[C@H]3CC[C@@H]4CC[C@@H](n5ncnc5-c5ccncc5)[C@H](OC[C@](C)(N)C(C)(C)C)[C@@]4(C)CO[C@@H](C)CC3=CC[C@@]2(C)[C@@H]1C(=O)O. The van der Waals surface area contributed by atoms with E-state index in [1.54, 1.807) is 18.7 Å². The lowest BCUT2D eigenvalue weighted by molar-refractivity contribution is -0.194. The molecule has 12 atom stereocenters. The Morgan fingerprint density at radius 1 is 1.04 bits per heavy atom. The van der Waals surface area contributed by atoms with Gasteiger partial charge in [-0.3, -0.25) is 9.78 Å². The zero-order chi connectivity index (χ0) is 40.4. The predicted molar refractivity (Wildman–Crippen MR) is 219 cm³/mol. The lowest BCUT2D eigenvalue weighted by Gasteiger charge is -2.66. The van der Waals surface area contributed by atoms with Crippen LogP contribution in [0.5, 0.6) is 0 Å². The highest BCUT2D eigenvalue weighted by Crippen LogP contribution is 2.70. The molecular formula is C46H73N5O4. The number of hydrogen-bond acceptors (Lipinski definition) is 7. The second-order valence-electron chi connectivity index (χ2n) is 21.1. The summed E-state index contributed by atoms with van der Waals surface area (Å²) in [5.41, 5.74) is 7.64. The van der Waals surface area contributed by atoms with Crippen molar-refractivity contribution in [3.05, 3.63) is 42.5 Å². The molecule has 3 fully saturated rings. The summed E-state index contributed by atoms with van der Waals surface area (Å²) in [4.78, 5) is 22.6. The summed E-state index contributed by atoms with van der Waals surface area (Å²) in [6, 6.07) is 3.92. The number of carbonyl (C=O) groups is 1. The second-order valence-corrected chi connectivity index (χ2v) is 21.1. The maximum atomic E-state index is 13.6. The van der Waals surface area contributed by atoms with Gasteiger partial charge in [0.25, 0.3) is 0 Å². The topological polar surface area (TPSA) is 125 Å². The van der Waals surface area contributed by atoms with Gasteiger partial charge in [-0.25, -0.2) is 9.67 Å². The number of aliphatic carboxylic acids is 1. The Bertz CT molecular complexity index is 1700. The average Bonchev–Trinajstić information content (AvgIpc) is 3.60. The maximum Gasteiger partial charge on any atom is 0.307 e. The Kier molecular flexibility index (Phi) is 11.4. The van der Waals surface area contributed by atoms with Crippen LogP contribution in [0.2, 0.25) is 0 Å². The summed E-state index contributed by atoms with van der Waals surface area (Å²) in [6.07, 6.45) is 15.1. The molecular weight excluding hydrogens is 687 g/mol. The fourth-order valence-electron chi connectivity index (χ4n) is 11.9. The van der Waals surface area contributed by atoms with Crippen LogP contribution in [0.3, 0.4) is 0 Å². The lowest BCUT2D eigenvalue weighted by Crippen LogP contribution is -2.62. The van der Waals surface area contributed by atoms with Crippen molar-refractivity contribution >= 4 is 5.97 Å². The van der Waals surface area contributed by atoms with Crippen molar-refractivity contribution in [1.82, 2.24) is 19.7 Å². The Morgan fingerprint density at radius 3 is 2.35 bits per heavy atom. The van der Waals surface area contributed by atoms with Crippen LogP contribution in [0.15, 0.2) is 42.5 Å². The van der Waals surface area contributed by atoms with Crippen LogP contribution in [0.1, 0.15) is 140 Å². The standard InChI is InChI=1S/C46H73N5O4/c1-29(2)31(4)42(8)21-22-44(10)35-15-13-34-14-16-36(51-39(49-28-50-51)32-18-23-48-24-19-32)38(55-27-46(12,47)41(5,6)7)43(34,9)26-54-30(3)25-33(35)17-20-45(44,11)37(42)40(52)53/h17-19,23-24,28-31,34-38H,13-16,20-22,25-27,47H2,1-12H3,(H,52,53)/t30-,31+,34+,35-,36+,37+,38-,42+,43-,44+,45-,46-/m0/s1. The van der Waals surface area contributed by atoms with Crippen LogP contribution in [0.25, 0.3) is 11.4 Å². The molecule has 6 rings (SSSR count). The summed E-state index contributed by atoms with van der Waals surface area (Å²) >= 11 is 0. The van der Waals surface area contributed by atoms with Crippen LogP contribution in [-0.2, 0) is 14.3 Å². The minimum Gasteiger partial charge on any atom is -0.481 e. The molecule has 0 radical (unpaired) electrons. The highest BCUT2D eigenvalue weighted by Gasteiger charge is 2.66. The number of carboxylic acids is 1. The smallest absolute Gasteiger partial charge is 0.307 e. The first kappa shape index (κ1) is 42.0. The number of carboxylic acid groups (broad SMARTS) is 1. The molecule has 9 nitrogen and oxygen atoms in total. The number of hydrogen-bond donors (Lipinski definition) is 2. The summed E-state index contributed by atoms with van der Waals surface area (Å²) < 4.78 is 16.3. The van der Waals surface area contributed by atoms with Gasteiger partial charge in [-0.2, -0.15) is 5.10 Å². The summed E-state index contributed by atoms with van der Waals surface area (Å²) in [7, 11) is 0. The van der Waals surface area contributed by atoms with Crippen LogP contribution in [-0.4, -0.2) is 61.8 Å². The molecule has 2 aromatic rings. The van der Waals surface area contributed by atoms with Crippen molar-refractivity contribution in [3.63, 3.8) is 0 Å². The van der Waals surface area contributed by atoms with E-state index in [1.165, 1.54) is 5.57 Å². The number of nitrogens with two attached hydrogens (primary N) is 1. The molecule has 0 aromatic carbocycles. The maximum absolute atomic E-state index is 13.6. The van der Waals surface area contributed by atoms with Crippen molar-refractivity contribution in [2.75, 3.05) is 13.2 Å². The number of nitrogens with zero attached hydrogens (tertiary/aromatic N) is 4. The minimum absolute atomic E-state index is 0.0106. The van der Waals surface area contributed by atoms with E-state index in [4.69, 9.17) is 25.3 Å². The lowest BCUT2D eigenvalue weighted by atomic mass is 9.38. The Balaban J connectivity index is 1.38. The van der Waals surface area contributed by atoms with Crippen molar-refractivity contribution in [2.24, 2.45) is 62.4 Å². The monoisotopic (exact) mass is 760 g/mol. The van der Waals surface area contributed by atoms with Gasteiger partial charge < -0.3 is 20.3 Å². The zero-order valence-electron chi connectivity index (χ0n) is 36.2. The van der Waals surface area contributed by atoms with E-state index in [-0.39, 0.29) is 45.3 Å². The minimum atomic E-state index is -0.621. The number of pyridine rings is 1. The molecule has 4 aliphatic rings. The molecule has 1 aliphatic heterocycles. The first-order chi connectivity index (χ1) is 25.6. The molecule has 0 spiro atoms. The zero-order valence-corrected chi connectivity index (χ0v) is 36.2.